The maximum absolute atomic E-state index is 3.45. The van der Waals surface area contributed by atoms with Gasteiger partial charge in [0.05, 0.1) is 0 Å². The SMILES string of the molecule is CN(Cc1cccs1)Cc1cccc2c1CCNC2. The molecule has 1 aromatic heterocycles. The Morgan fingerprint density at radius 2 is 2.16 bits per heavy atom. The maximum Gasteiger partial charge on any atom is 0.0328 e. The number of thiophene rings is 1. The monoisotopic (exact) mass is 272 g/mol. The fourth-order valence-electron chi connectivity index (χ4n) is 2.77. The lowest BCUT2D eigenvalue weighted by molar-refractivity contribution is 0.320. The van der Waals surface area contributed by atoms with E-state index in [1.165, 1.54) is 22.4 Å². The van der Waals surface area contributed by atoms with Crippen LogP contribution >= 0.6 is 11.3 Å². The van der Waals surface area contributed by atoms with Gasteiger partial charge >= 0.3 is 0 Å². The van der Waals surface area contributed by atoms with Gasteiger partial charge in [-0.05, 0) is 48.2 Å². The van der Waals surface area contributed by atoms with Gasteiger partial charge in [0.25, 0.3) is 0 Å². The number of benzene rings is 1. The first-order valence-electron chi connectivity index (χ1n) is 6.84. The summed E-state index contributed by atoms with van der Waals surface area (Å²) in [5, 5.41) is 5.60. The smallest absolute Gasteiger partial charge is 0.0328 e. The van der Waals surface area contributed by atoms with Crippen LogP contribution in [-0.4, -0.2) is 18.5 Å². The summed E-state index contributed by atoms with van der Waals surface area (Å²) in [6, 6.07) is 11.1. The molecule has 1 aliphatic rings. The van der Waals surface area contributed by atoms with Gasteiger partial charge in [0.15, 0.2) is 0 Å². The predicted molar refractivity (Wildman–Crippen MR) is 81.3 cm³/mol. The topological polar surface area (TPSA) is 15.3 Å². The summed E-state index contributed by atoms with van der Waals surface area (Å²) in [6.07, 6.45) is 1.17. The third kappa shape index (κ3) is 3.06. The van der Waals surface area contributed by atoms with Crippen LogP contribution in [0.25, 0.3) is 0 Å². The van der Waals surface area contributed by atoms with Crippen LogP contribution in [0.5, 0.6) is 0 Å². The van der Waals surface area contributed by atoms with Gasteiger partial charge in [0, 0.05) is 24.5 Å². The minimum Gasteiger partial charge on any atom is -0.312 e. The molecule has 0 aliphatic carbocycles. The standard InChI is InChI=1S/C16H20N2S/c1-18(12-15-6-3-9-19-15)11-14-5-2-4-13-10-17-8-7-16(13)14/h2-6,9,17H,7-8,10-12H2,1H3. The van der Waals surface area contributed by atoms with Crippen LogP contribution in [0.4, 0.5) is 0 Å². The average molecular weight is 272 g/mol. The first-order valence-corrected chi connectivity index (χ1v) is 7.72. The molecule has 0 bridgehead atoms. The van der Waals surface area contributed by atoms with Gasteiger partial charge in [-0.15, -0.1) is 11.3 Å². The average Bonchev–Trinajstić information content (AvgIpc) is 2.92. The Morgan fingerprint density at radius 3 is 3.00 bits per heavy atom. The number of nitrogens with zero attached hydrogens (tertiary/aromatic N) is 1. The highest BCUT2D eigenvalue weighted by Crippen LogP contribution is 2.21. The molecule has 0 atom stereocenters. The van der Waals surface area contributed by atoms with Gasteiger partial charge in [0.2, 0.25) is 0 Å². The summed E-state index contributed by atoms with van der Waals surface area (Å²) in [5.74, 6) is 0. The van der Waals surface area contributed by atoms with E-state index in [4.69, 9.17) is 0 Å². The molecule has 0 radical (unpaired) electrons. The van der Waals surface area contributed by atoms with E-state index in [9.17, 15) is 0 Å². The van der Waals surface area contributed by atoms with Crippen molar-refractivity contribution in [3.8, 4) is 0 Å². The Morgan fingerprint density at radius 1 is 1.21 bits per heavy atom. The van der Waals surface area contributed by atoms with E-state index in [1.807, 2.05) is 11.3 Å². The molecule has 0 saturated carbocycles. The number of nitrogens with one attached hydrogen (secondary N) is 1. The Balaban J connectivity index is 1.72. The molecule has 3 heteroatoms. The predicted octanol–water partition coefficient (Wildman–Crippen LogP) is 3.03. The second kappa shape index (κ2) is 5.87. The Bertz CT molecular complexity index is 534. The van der Waals surface area contributed by atoms with Crippen molar-refractivity contribution in [2.45, 2.75) is 26.1 Å². The van der Waals surface area contributed by atoms with Crippen LogP contribution in [0.2, 0.25) is 0 Å². The van der Waals surface area contributed by atoms with E-state index < -0.39 is 0 Å². The number of fused-ring (bicyclic) bond motifs is 1. The molecule has 2 heterocycles. The highest BCUT2D eigenvalue weighted by molar-refractivity contribution is 7.09. The van der Waals surface area contributed by atoms with Crippen LogP contribution in [0.1, 0.15) is 21.6 Å². The molecule has 0 fully saturated rings. The van der Waals surface area contributed by atoms with Crippen LogP contribution in [0, 0.1) is 0 Å². The van der Waals surface area contributed by atoms with Crippen molar-refractivity contribution in [1.29, 1.82) is 0 Å². The molecule has 3 rings (SSSR count). The van der Waals surface area contributed by atoms with E-state index in [2.05, 4.69) is 53.0 Å². The van der Waals surface area contributed by atoms with Crippen molar-refractivity contribution < 1.29 is 0 Å². The summed E-state index contributed by atoms with van der Waals surface area (Å²) < 4.78 is 0. The van der Waals surface area contributed by atoms with E-state index in [0.29, 0.717) is 0 Å². The van der Waals surface area contributed by atoms with Crippen LogP contribution < -0.4 is 5.32 Å². The molecule has 0 saturated heterocycles. The van der Waals surface area contributed by atoms with Crippen molar-refractivity contribution in [2.24, 2.45) is 0 Å². The van der Waals surface area contributed by atoms with Crippen molar-refractivity contribution in [3.63, 3.8) is 0 Å². The second-order valence-corrected chi connectivity index (χ2v) is 6.27. The van der Waals surface area contributed by atoms with Crippen molar-refractivity contribution in [3.05, 3.63) is 57.3 Å². The molecule has 1 N–H and O–H groups in total. The van der Waals surface area contributed by atoms with Gasteiger partial charge in [-0.25, -0.2) is 0 Å². The number of hydrogen-bond acceptors (Lipinski definition) is 3. The molecule has 100 valence electrons. The van der Waals surface area contributed by atoms with Gasteiger partial charge in [-0.3, -0.25) is 4.90 Å². The maximum atomic E-state index is 3.45. The molecule has 1 aromatic carbocycles. The minimum absolute atomic E-state index is 1.03. The lowest BCUT2D eigenvalue weighted by Gasteiger charge is -2.23. The normalized spacial score (nSPS) is 14.6. The zero-order valence-corrected chi connectivity index (χ0v) is 12.2. The highest BCUT2D eigenvalue weighted by Gasteiger charge is 2.13. The summed E-state index contributed by atoms with van der Waals surface area (Å²) in [4.78, 5) is 3.85. The Labute approximate surface area is 119 Å². The lowest BCUT2D eigenvalue weighted by atomic mass is 9.95. The number of rotatable bonds is 4. The molecule has 0 unspecified atom stereocenters. The molecule has 0 spiro atoms. The zero-order valence-electron chi connectivity index (χ0n) is 11.4. The zero-order chi connectivity index (χ0) is 13.1. The fourth-order valence-corrected chi connectivity index (χ4v) is 3.56. The number of hydrogen-bond donors (Lipinski definition) is 1. The summed E-state index contributed by atoms with van der Waals surface area (Å²) in [5.41, 5.74) is 4.55. The van der Waals surface area contributed by atoms with Gasteiger partial charge in [-0.1, -0.05) is 24.3 Å². The minimum atomic E-state index is 1.03. The third-order valence-corrected chi connectivity index (χ3v) is 4.54. The molecule has 0 amide bonds. The van der Waals surface area contributed by atoms with Gasteiger partial charge in [-0.2, -0.15) is 0 Å². The molecule has 2 aromatic rings. The highest BCUT2D eigenvalue weighted by atomic mass is 32.1. The van der Waals surface area contributed by atoms with Crippen molar-refractivity contribution >= 4 is 11.3 Å². The van der Waals surface area contributed by atoms with Crippen molar-refractivity contribution in [2.75, 3.05) is 13.6 Å². The Hall–Kier alpha value is -1.16. The quantitative estimate of drug-likeness (QED) is 0.920. The van der Waals surface area contributed by atoms with Crippen LogP contribution in [0.3, 0.4) is 0 Å². The van der Waals surface area contributed by atoms with E-state index in [1.54, 1.807) is 5.56 Å². The fraction of sp³-hybridized carbons (Fsp3) is 0.375. The molecular formula is C16H20N2S. The summed E-state index contributed by atoms with van der Waals surface area (Å²) in [7, 11) is 2.21. The second-order valence-electron chi connectivity index (χ2n) is 5.23. The van der Waals surface area contributed by atoms with Crippen LogP contribution in [0.15, 0.2) is 35.7 Å². The summed E-state index contributed by atoms with van der Waals surface area (Å²) in [6.45, 7) is 4.22. The van der Waals surface area contributed by atoms with Gasteiger partial charge < -0.3 is 5.32 Å². The van der Waals surface area contributed by atoms with E-state index >= 15 is 0 Å². The first-order chi connectivity index (χ1) is 9.33. The first kappa shape index (κ1) is 12.9. The molecular weight excluding hydrogens is 252 g/mol. The lowest BCUT2D eigenvalue weighted by Crippen LogP contribution is -2.26. The van der Waals surface area contributed by atoms with Crippen LogP contribution in [-0.2, 0) is 26.1 Å². The molecule has 1 aliphatic heterocycles. The molecule has 19 heavy (non-hydrogen) atoms. The van der Waals surface area contributed by atoms with Gasteiger partial charge in [0.1, 0.15) is 0 Å². The van der Waals surface area contributed by atoms with E-state index in [-0.39, 0.29) is 0 Å². The Kier molecular flexibility index (Phi) is 3.97. The van der Waals surface area contributed by atoms with Crippen molar-refractivity contribution in [1.82, 2.24) is 10.2 Å². The third-order valence-electron chi connectivity index (χ3n) is 3.68. The van der Waals surface area contributed by atoms with E-state index in [0.717, 1.165) is 26.2 Å². The largest absolute Gasteiger partial charge is 0.312 e. The summed E-state index contributed by atoms with van der Waals surface area (Å²) >= 11 is 1.84. The molecule has 2 nitrogen and oxygen atoms in total.